The van der Waals surface area contributed by atoms with Crippen molar-refractivity contribution in [2.45, 2.75) is 57.1 Å². The highest BCUT2D eigenvalue weighted by atomic mass is 32.2. The number of aromatic amines is 1. The van der Waals surface area contributed by atoms with Crippen molar-refractivity contribution in [3.63, 3.8) is 0 Å². The largest absolute Gasteiger partial charge is 0.353 e. The number of aromatic nitrogens is 3. The molecule has 1 saturated heterocycles. The molecule has 4 heterocycles. The maximum Gasteiger partial charge on any atom is 0.259 e. The van der Waals surface area contributed by atoms with Crippen LogP contribution in [0.4, 0.5) is 0 Å². The summed E-state index contributed by atoms with van der Waals surface area (Å²) in [7, 11) is 2.04. The molecule has 30 heavy (non-hydrogen) atoms. The number of likely N-dealkylation sites (tertiary alicyclic amines) is 1. The van der Waals surface area contributed by atoms with E-state index in [1.54, 1.807) is 11.3 Å². The Bertz CT molecular complexity index is 1130. The number of amides is 1. The third-order valence-corrected chi connectivity index (χ3v) is 8.26. The first-order chi connectivity index (χ1) is 14.4. The van der Waals surface area contributed by atoms with Crippen molar-refractivity contribution < 1.29 is 4.79 Å². The first-order valence-corrected chi connectivity index (χ1v) is 12.3. The standard InChI is InChI=1S/C22H28N4O2S2/c1-13-14(2)30-21-19(13)20(27)23-18(24-21)12-29-15(3)22(28)26-11-6-5-8-17(26)16-9-7-10-25(16)4/h7,9-10,15,17H,5-6,8,11-12H2,1-4H3,(H,23,24,27). The van der Waals surface area contributed by atoms with Crippen molar-refractivity contribution in [1.29, 1.82) is 0 Å². The van der Waals surface area contributed by atoms with Gasteiger partial charge < -0.3 is 14.5 Å². The van der Waals surface area contributed by atoms with Crippen LogP contribution in [-0.4, -0.2) is 37.1 Å². The molecule has 2 unspecified atom stereocenters. The summed E-state index contributed by atoms with van der Waals surface area (Å²) in [6.07, 6.45) is 5.24. The van der Waals surface area contributed by atoms with Crippen LogP contribution in [0.15, 0.2) is 23.1 Å². The molecular formula is C22H28N4O2S2. The Morgan fingerprint density at radius 3 is 2.93 bits per heavy atom. The van der Waals surface area contributed by atoms with Crippen LogP contribution in [0.1, 0.15) is 54.2 Å². The van der Waals surface area contributed by atoms with Crippen molar-refractivity contribution in [2.24, 2.45) is 7.05 Å². The highest BCUT2D eigenvalue weighted by Gasteiger charge is 2.32. The lowest BCUT2D eigenvalue weighted by atomic mass is 9.99. The molecule has 0 spiro atoms. The second-order valence-corrected chi connectivity index (χ2v) is 10.5. The van der Waals surface area contributed by atoms with Crippen LogP contribution in [0.3, 0.4) is 0 Å². The van der Waals surface area contributed by atoms with Gasteiger partial charge in [-0.05, 0) is 57.7 Å². The zero-order valence-corrected chi connectivity index (χ0v) is 19.5. The lowest BCUT2D eigenvalue weighted by molar-refractivity contribution is -0.134. The minimum absolute atomic E-state index is 0.0868. The predicted octanol–water partition coefficient (Wildman–Crippen LogP) is 4.32. The van der Waals surface area contributed by atoms with Gasteiger partial charge in [0, 0.05) is 30.4 Å². The Labute approximate surface area is 184 Å². The second-order valence-electron chi connectivity index (χ2n) is 8.02. The van der Waals surface area contributed by atoms with Gasteiger partial charge in [-0.25, -0.2) is 4.98 Å². The van der Waals surface area contributed by atoms with Crippen LogP contribution >= 0.6 is 23.1 Å². The molecule has 2 atom stereocenters. The average molecular weight is 445 g/mol. The van der Waals surface area contributed by atoms with E-state index >= 15 is 0 Å². The minimum atomic E-state index is -0.196. The molecule has 8 heteroatoms. The van der Waals surface area contributed by atoms with Crippen LogP contribution in [-0.2, 0) is 17.6 Å². The van der Waals surface area contributed by atoms with E-state index < -0.39 is 0 Å². The summed E-state index contributed by atoms with van der Waals surface area (Å²) in [4.78, 5) is 37.3. The Morgan fingerprint density at radius 2 is 2.20 bits per heavy atom. The zero-order valence-electron chi connectivity index (χ0n) is 17.9. The lowest BCUT2D eigenvalue weighted by Crippen LogP contribution is -2.42. The quantitative estimate of drug-likeness (QED) is 0.636. The summed E-state index contributed by atoms with van der Waals surface area (Å²) in [5.41, 5.74) is 2.11. The van der Waals surface area contributed by atoms with Gasteiger partial charge in [0.15, 0.2) is 0 Å². The van der Waals surface area contributed by atoms with Crippen molar-refractivity contribution in [2.75, 3.05) is 6.54 Å². The monoisotopic (exact) mass is 444 g/mol. The van der Waals surface area contributed by atoms with Gasteiger partial charge in [-0.3, -0.25) is 9.59 Å². The molecule has 160 valence electrons. The van der Waals surface area contributed by atoms with Gasteiger partial charge in [0.1, 0.15) is 10.7 Å². The van der Waals surface area contributed by atoms with Crippen molar-refractivity contribution in [3.05, 3.63) is 50.6 Å². The summed E-state index contributed by atoms with van der Waals surface area (Å²) < 4.78 is 2.11. The molecule has 0 aliphatic carbocycles. The Balaban J connectivity index is 1.47. The summed E-state index contributed by atoms with van der Waals surface area (Å²) >= 11 is 3.09. The number of nitrogens with one attached hydrogen (secondary N) is 1. The first kappa shape index (κ1) is 21.2. The Kier molecular flexibility index (Phi) is 6.06. The number of hydrogen-bond donors (Lipinski definition) is 1. The van der Waals surface area contributed by atoms with Gasteiger partial charge in [-0.2, -0.15) is 0 Å². The third kappa shape index (κ3) is 3.95. The molecule has 1 fully saturated rings. The summed E-state index contributed by atoms with van der Waals surface area (Å²) in [5.74, 6) is 1.31. The molecule has 3 aromatic rings. The molecule has 6 nitrogen and oxygen atoms in total. The molecule has 3 aromatic heterocycles. The SMILES string of the molecule is Cc1sc2nc(CSC(C)C(=O)N3CCCCC3c3cccn3C)[nH]c(=O)c2c1C. The summed E-state index contributed by atoms with van der Waals surface area (Å²) in [6, 6.07) is 4.29. The van der Waals surface area contributed by atoms with Gasteiger partial charge >= 0.3 is 0 Å². The number of carbonyl (C=O) groups excluding carboxylic acids is 1. The van der Waals surface area contributed by atoms with Gasteiger partial charge in [0.05, 0.1) is 22.4 Å². The number of fused-ring (bicyclic) bond motifs is 1. The highest BCUT2D eigenvalue weighted by molar-refractivity contribution is 7.99. The number of rotatable bonds is 5. The normalized spacial score (nSPS) is 18.1. The minimum Gasteiger partial charge on any atom is -0.353 e. The molecule has 0 saturated carbocycles. The number of thioether (sulfide) groups is 1. The zero-order chi connectivity index (χ0) is 21.4. The van der Waals surface area contributed by atoms with Crippen LogP contribution in [0.5, 0.6) is 0 Å². The summed E-state index contributed by atoms with van der Waals surface area (Å²) in [6.45, 7) is 6.73. The smallest absolute Gasteiger partial charge is 0.259 e. The Hall–Kier alpha value is -2.06. The van der Waals surface area contributed by atoms with Crippen molar-refractivity contribution in [3.8, 4) is 0 Å². The van der Waals surface area contributed by atoms with E-state index in [9.17, 15) is 9.59 Å². The topological polar surface area (TPSA) is 71.0 Å². The average Bonchev–Trinajstić information content (AvgIpc) is 3.28. The number of carbonyl (C=O) groups is 1. The fraction of sp³-hybridized carbons (Fsp3) is 0.500. The number of nitrogens with zero attached hydrogens (tertiary/aromatic N) is 3. The van der Waals surface area contributed by atoms with Crippen LogP contribution < -0.4 is 5.56 Å². The molecular weight excluding hydrogens is 416 g/mol. The maximum atomic E-state index is 13.3. The van der Waals surface area contributed by atoms with E-state index in [0.717, 1.165) is 41.1 Å². The molecule has 1 amide bonds. The van der Waals surface area contributed by atoms with Gasteiger partial charge in [-0.15, -0.1) is 23.1 Å². The van der Waals surface area contributed by atoms with Gasteiger partial charge in [0.2, 0.25) is 5.91 Å². The van der Waals surface area contributed by atoms with Crippen LogP contribution in [0.25, 0.3) is 10.2 Å². The Morgan fingerprint density at radius 1 is 1.40 bits per heavy atom. The fourth-order valence-corrected chi connectivity index (χ4v) is 6.07. The second kappa shape index (κ2) is 8.59. The fourth-order valence-electron chi connectivity index (χ4n) is 4.20. The molecule has 4 rings (SSSR count). The van der Waals surface area contributed by atoms with Crippen LogP contribution in [0.2, 0.25) is 0 Å². The van der Waals surface area contributed by atoms with Crippen LogP contribution in [0, 0.1) is 13.8 Å². The van der Waals surface area contributed by atoms with E-state index in [4.69, 9.17) is 0 Å². The molecule has 1 N–H and O–H groups in total. The number of aryl methyl sites for hydroxylation is 3. The predicted molar refractivity (Wildman–Crippen MR) is 124 cm³/mol. The first-order valence-electron chi connectivity index (χ1n) is 10.4. The number of H-pyrrole nitrogens is 1. The molecule has 0 bridgehead atoms. The molecule has 0 radical (unpaired) electrons. The highest BCUT2D eigenvalue weighted by Crippen LogP contribution is 2.33. The number of hydrogen-bond acceptors (Lipinski definition) is 5. The van der Waals surface area contributed by atoms with Gasteiger partial charge in [0.25, 0.3) is 5.56 Å². The van der Waals surface area contributed by atoms with E-state index in [1.165, 1.54) is 17.5 Å². The van der Waals surface area contributed by atoms with Crippen molar-refractivity contribution in [1.82, 2.24) is 19.4 Å². The van der Waals surface area contributed by atoms with Crippen molar-refractivity contribution >= 4 is 39.2 Å². The lowest BCUT2D eigenvalue weighted by Gasteiger charge is -2.37. The van der Waals surface area contributed by atoms with E-state index in [1.807, 2.05) is 45.0 Å². The third-order valence-electron chi connectivity index (χ3n) is 6.02. The molecule has 0 aromatic carbocycles. The van der Waals surface area contributed by atoms with E-state index in [0.29, 0.717) is 17.0 Å². The molecule has 1 aliphatic rings. The maximum absolute atomic E-state index is 13.3. The van der Waals surface area contributed by atoms with Gasteiger partial charge in [-0.1, -0.05) is 0 Å². The number of thiophene rings is 1. The molecule has 1 aliphatic heterocycles. The van der Waals surface area contributed by atoms with E-state index in [2.05, 4.69) is 20.6 Å². The number of piperidine rings is 1. The van der Waals surface area contributed by atoms with E-state index in [-0.39, 0.29) is 22.8 Å². The summed E-state index contributed by atoms with van der Waals surface area (Å²) in [5, 5.41) is 0.493.